The molecule has 0 bridgehead atoms. The predicted octanol–water partition coefficient (Wildman–Crippen LogP) is 1.82. The van der Waals surface area contributed by atoms with Gasteiger partial charge in [0.15, 0.2) is 5.16 Å². The van der Waals surface area contributed by atoms with Crippen LogP contribution in [0.5, 0.6) is 0 Å². The molecule has 0 spiro atoms. The maximum absolute atomic E-state index is 12.8. The van der Waals surface area contributed by atoms with Crippen LogP contribution in [0.1, 0.15) is 5.82 Å². The van der Waals surface area contributed by atoms with Gasteiger partial charge in [-0.1, -0.05) is 11.8 Å². The molecule has 1 heterocycles. The first kappa shape index (κ1) is 19.7. The summed E-state index contributed by atoms with van der Waals surface area (Å²) >= 11 is 0.753. The monoisotopic (exact) mass is 391 g/mol. The molecule has 1 aromatic carbocycles. The number of nitrogens with zero attached hydrogens (tertiary/aromatic N) is 3. The third-order valence-electron chi connectivity index (χ3n) is 2.99. The first-order valence-corrected chi connectivity index (χ1v) is 8.07. The Morgan fingerprint density at radius 1 is 1.15 bits per heavy atom. The summed E-state index contributed by atoms with van der Waals surface area (Å²) in [6.07, 6.45) is -4.64. The predicted molar refractivity (Wildman–Crippen MR) is 84.8 cm³/mol. The van der Waals surface area contributed by atoms with Gasteiger partial charge in [0.2, 0.25) is 17.6 Å². The highest BCUT2D eigenvalue weighted by Crippen LogP contribution is 2.29. The van der Waals surface area contributed by atoms with Gasteiger partial charge in [-0.05, 0) is 24.3 Å². The van der Waals surface area contributed by atoms with Gasteiger partial charge in [0.25, 0.3) is 0 Å². The van der Waals surface area contributed by atoms with Gasteiger partial charge in [0, 0.05) is 12.7 Å². The summed E-state index contributed by atoms with van der Waals surface area (Å²) in [5.74, 6) is -2.97. The van der Waals surface area contributed by atoms with Crippen LogP contribution in [0.2, 0.25) is 0 Å². The molecule has 0 saturated heterocycles. The van der Waals surface area contributed by atoms with Crippen molar-refractivity contribution in [2.24, 2.45) is 7.05 Å². The number of hydrogen-bond acceptors (Lipinski definition) is 5. The lowest BCUT2D eigenvalue weighted by Gasteiger charge is -2.07. The number of carbonyl (C=O) groups excluding carboxylic acids is 2. The molecule has 2 N–H and O–H groups in total. The molecule has 2 aromatic rings. The van der Waals surface area contributed by atoms with Crippen LogP contribution >= 0.6 is 11.8 Å². The number of aromatic nitrogens is 3. The van der Waals surface area contributed by atoms with Gasteiger partial charge in [-0.3, -0.25) is 9.59 Å². The Labute approximate surface area is 149 Å². The Hall–Kier alpha value is -2.63. The molecular formula is C14H13F4N5O2S. The number of halogens is 4. The van der Waals surface area contributed by atoms with Crippen molar-refractivity contribution in [1.82, 2.24) is 20.1 Å². The van der Waals surface area contributed by atoms with Crippen molar-refractivity contribution in [3.8, 4) is 0 Å². The molecule has 0 unspecified atom stereocenters. The second-order valence-corrected chi connectivity index (χ2v) is 5.93. The van der Waals surface area contributed by atoms with Gasteiger partial charge < -0.3 is 15.2 Å². The normalized spacial score (nSPS) is 11.3. The summed E-state index contributed by atoms with van der Waals surface area (Å²) in [6.45, 7) is -0.344. The SMILES string of the molecule is Cn1c(SCC(=O)NCC(=O)Nc2ccc(F)cc2)nnc1C(F)(F)F. The molecule has 0 fully saturated rings. The lowest BCUT2D eigenvalue weighted by molar-refractivity contribution is -0.147. The molecule has 0 radical (unpaired) electrons. The number of hydrogen-bond donors (Lipinski definition) is 2. The third kappa shape index (κ3) is 5.44. The first-order chi connectivity index (χ1) is 12.2. The molecule has 26 heavy (non-hydrogen) atoms. The van der Waals surface area contributed by atoms with Gasteiger partial charge in [-0.15, -0.1) is 10.2 Å². The number of nitrogens with one attached hydrogen (secondary N) is 2. The van der Waals surface area contributed by atoms with Gasteiger partial charge in [0.1, 0.15) is 5.82 Å². The minimum absolute atomic E-state index is 0.0803. The van der Waals surface area contributed by atoms with Crippen LogP contribution in [0.4, 0.5) is 23.2 Å². The molecule has 0 aliphatic heterocycles. The number of thioether (sulfide) groups is 1. The smallest absolute Gasteiger partial charge is 0.346 e. The van der Waals surface area contributed by atoms with Crippen molar-refractivity contribution in [3.05, 3.63) is 35.9 Å². The minimum Gasteiger partial charge on any atom is -0.346 e. The Balaban J connectivity index is 1.78. The molecular weight excluding hydrogens is 378 g/mol. The fourth-order valence-electron chi connectivity index (χ4n) is 1.79. The van der Waals surface area contributed by atoms with E-state index in [1.807, 2.05) is 0 Å². The van der Waals surface area contributed by atoms with E-state index in [4.69, 9.17) is 0 Å². The molecule has 0 aliphatic carbocycles. The molecule has 12 heteroatoms. The van der Waals surface area contributed by atoms with E-state index in [1.54, 1.807) is 0 Å². The van der Waals surface area contributed by atoms with E-state index in [9.17, 15) is 27.2 Å². The summed E-state index contributed by atoms with van der Waals surface area (Å²) in [5.41, 5.74) is 0.360. The van der Waals surface area contributed by atoms with Crippen molar-refractivity contribution in [1.29, 1.82) is 0 Å². The quantitative estimate of drug-likeness (QED) is 0.579. The topological polar surface area (TPSA) is 88.9 Å². The van der Waals surface area contributed by atoms with Crippen LogP contribution in [0.15, 0.2) is 29.4 Å². The Morgan fingerprint density at radius 3 is 2.38 bits per heavy atom. The molecule has 2 amide bonds. The fraction of sp³-hybridized carbons (Fsp3) is 0.286. The van der Waals surface area contributed by atoms with E-state index in [0.29, 0.717) is 5.69 Å². The summed E-state index contributed by atoms with van der Waals surface area (Å²) < 4.78 is 51.3. The molecule has 7 nitrogen and oxygen atoms in total. The largest absolute Gasteiger partial charge is 0.451 e. The van der Waals surface area contributed by atoms with Crippen LogP contribution in [0.3, 0.4) is 0 Å². The zero-order valence-corrected chi connectivity index (χ0v) is 14.1. The Morgan fingerprint density at radius 2 is 1.81 bits per heavy atom. The number of anilines is 1. The second kappa shape index (κ2) is 8.17. The summed E-state index contributed by atoms with van der Waals surface area (Å²) in [5, 5.41) is 11.1. The maximum atomic E-state index is 12.8. The minimum atomic E-state index is -4.64. The van der Waals surface area contributed by atoms with Crippen LogP contribution in [-0.2, 0) is 22.8 Å². The number of benzene rings is 1. The summed E-state index contributed by atoms with van der Waals surface area (Å²) in [7, 11) is 1.14. The highest BCUT2D eigenvalue weighted by atomic mass is 32.2. The van der Waals surface area contributed by atoms with Gasteiger partial charge in [-0.2, -0.15) is 13.2 Å². The van der Waals surface area contributed by atoms with Crippen molar-refractivity contribution in [3.63, 3.8) is 0 Å². The number of carbonyl (C=O) groups is 2. The van der Waals surface area contributed by atoms with E-state index in [1.165, 1.54) is 24.3 Å². The molecule has 0 atom stereocenters. The highest BCUT2D eigenvalue weighted by molar-refractivity contribution is 7.99. The van der Waals surface area contributed by atoms with Crippen molar-refractivity contribution < 1.29 is 27.2 Å². The van der Waals surface area contributed by atoms with E-state index in [0.717, 1.165) is 23.4 Å². The number of amides is 2. The third-order valence-corrected chi connectivity index (χ3v) is 4.02. The van der Waals surface area contributed by atoms with Crippen LogP contribution in [-0.4, -0.2) is 38.9 Å². The molecule has 0 saturated carbocycles. The van der Waals surface area contributed by atoms with E-state index in [-0.39, 0.29) is 17.5 Å². The lowest BCUT2D eigenvalue weighted by Crippen LogP contribution is -2.33. The van der Waals surface area contributed by atoms with E-state index < -0.39 is 29.6 Å². The van der Waals surface area contributed by atoms with Gasteiger partial charge in [0.05, 0.1) is 12.3 Å². The highest BCUT2D eigenvalue weighted by Gasteiger charge is 2.37. The average Bonchev–Trinajstić information content (AvgIpc) is 2.94. The standard InChI is InChI=1S/C14H13F4N5O2S/c1-23-12(14(16,17)18)21-22-13(23)26-7-11(25)19-6-10(24)20-9-4-2-8(15)3-5-9/h2-5H,6-7H2,1H3,(H,19,25)(H,20,24). The zero-order chi connectivity index (χ0) is 19.3. The molecule has 0 aliphatic rings. The lowest BCUT2D eigenvalue weighted by atomic mass is 10.3. The molecule has 1 aromatic heterocycles. The summed E-state index contributed by atoms with van der Waals surface area (Å²) in [6, 6.07) is 5.05. The first-order valence-electron chi connectivity index (χ1n) is 7.08. The Kier molecular flexibility index (Phi) is 6.18. The summed E-state index contributed by atoms with van der Waals surface area (Å²) in [4.78, 5) is 23.4. The Bertz CT molecular complexity index is 792. The van der Waals surface area contributed by atoms with E-state index in [2.05, 4.69) is 20.8 Å². The van der Waals surface area contributed by atoms with Crippen LogP contribution in [0.25, 0.3) is 0 Å². The zero-order valence-electron chi connectivity index (χ0n) is 13.3. The van der Waals surface area contributed by atoms with Crippen LogP contribution in [0, 0.1) is 5.82 Å². The van der Waals surface area contributed by atoms with Crippen molar-refractivity contribution >= 4 is 29.3 Å². The number of alkyl halides is 3. The molecule has 2 rings (SSSR count). The average molecular weight is 391 g/mol. The van der Waals surface area contributed by atoms with E-state index >= 15 is 0 Å². The van der Waals surface area contributed by atoms with Crippen LogP contribution < -0.4 is 10.6 Å². The second-order valence-electron chi connectivity index (χ2n) is 4.98. The van der Waals surface area contributed by atoms with Gasteiger partial charge >= 0.3 is 6.18 Å². The fourth-order valence-corrected chi connectivity index (χ4v) is 2.53. The number of rotatable bonds is 6. The molecule has 140 valence electrons. The van der Waals surface area contributed by atoms with Gasteiger partial charge in [-0.25, -0.2) is 4.39 Å². The maximum Gasteiger partial charge on any atom is 0.451 e. The van der Waals surface area contributed by atoms with Crippen molar-refractivity contribution in [2.45, 2.75) is 11.3 Å². The van der Waals surface area contributed by atoms with Crippen molar-refractivity contribution in [2.75, 3.05) is 17.6 Å².